The zero-order valence-corrected chi connectivity index (χ0v) is 12.6. The molecule has 0 aliphatic heterocycles. The van der Waals surface area contributed by atoms with Crippen molar-refractivity contribution in [3.05, 3.63) is 35.9 Å². The minimum absolute atomic E-state index is 0.0411. The predicted molar refractivity (Wildman–Crippen MR) is 78.0 cm³/mol. The highest BCUT2D eigenvalue weighted by atomic mass is 16.6. The molecule has 0 saturated carbocycles. The summed E-state index contributed by atoms with van der Waals surface area (Å²) in [4.78, 5) is 34.6. The molecular weight excluding hydrogens is 290 g/mol. The average Bonchev–Trinajstić information content (AvgIpc) is 2.52. The summed E-state index contributed by atoms with van der Waals surface area (Å²) in [6, 6.07) is 8.28. The molecule has 120 valence electrons. The summed E-state index contributed by atoms with van der Waals surface area (Å²) >= 11 is 0. The maximum atomic E-state index is 11.9. The van der Waals surface area contributed by atoms with E-state index in [0.29, 0.717) is 0 Å². The number of benzene rings is 1. The van der Waals surface area contributed by atoms with E-state index in [1.807, 2.05) is 0 Å². The second-order valence-corrected chi connectivity index (χ2v) is 4.50. The number of nitrogens with one attached hydrogen (secondary N) is 1. The number of nitrogens with zero attached hydrogens (tertiary/aromatic N) is 2. The van der Waals surface area contributed by atoms with Crippen molar-refractivity contribution in [2.24, 2.45) is 0 Å². The van der Waals surface area contributed by atoms with Crippen LogP contribution in [0.2, 0.25) is 0 Å². The van der Waals surface area contributed by atoms with Gasteiger partial charge in [-0.3, -0.25) is 0 Å². The Bertz CT molecular complexity index is 535. The molecule has 8 nitrogen and oxygen atoms in total. The normalized spacial score (nSPS) is 11.2. The molecule has 0 heterocycles. The maximum absolute atomic E-state index is 11.9. The predicted octanol–water partition coefficient (Wildman–Crippen LogP) is 0.937. The zero-order valence-electron chi connectivity index (χ0n) is 12.6. The summed E-state index contributed by atoms with van der Waals surface area (Å²) < 4.78 is 4.96. The van der Waals surface area contributed by atoms with Crippen molar-refractivity contribution in [3.63, 3.8) is 0 Å². The van der Waals surface area contributed by atoms with Crippen LogP contribution in [0.5, 0.6) is 0 Å². The Morgan fingerprint density at radius 3 is 2.27 bits per heavy atom. The summed E-state index contributed by atoms with van der Waals surface area (Å²) in [5, 5.41) is 13.4. The molecule has 22 heavy (non-hydrogen) atoms. The van der Waals surface area contributed by atoms with Gasteiger partial charge in [-0.2, -0.15) is 0 Å². The van der Waals surface area contributed by atoms with Gasteiger partial charge in [0.2, 0.25) is 6.10 Å². The number of hydrogen-bond donors (Lipinski definition) is 2. The Kier molecular flexibility index (Phi) is 6.18. The maximum Gasteiger partial charge on any atom is 0.429 e. The number of carboxylic acid groups (broad SMARTS) is 1. The Hall–Kier alpha value is -2.77. The lowest BCUT2D eigenvalue weighted by Crippen LogP contribution is -2.49. The lowest BCUT2D eigenvalue weighted by molar-refractivity contribution is -0.147. The summed E-state index contributed by atoms with van der Waals surface area (Å²) in [6.45, 7) is 0. The number of hydrazine groups is 1. The fraction of sp³-hybridized carbons (Fsp3) is 0.357. The first-order chi connectivity index (χ1) is 10.4. The van der Waals surface area contributed by atoms with E-state index in [-0.39, 0.29) is 6.42 Å². The van der Waals surface area contributed by atoms with Crippen molar-refractivity contribution in [2.75, 3.05) is 21.1 Å². The molecule has 0 radical (unpaired) electrons. The number of rotatable bonds is 4. The van der Waals surface area contributed by atoms with Crippen LogP contribution < -0.4 is 5.32 Å². The topological polar surface area (TPSA) is 99.2 Å². The molecule has 3 amide bonds. The van der Waals surface area contributed by atoms with Crippen molar-refractivity contribution < 1.29 is 24.2 Å². The third-order valence-electron chi connectivity index (χ3n) is 3.00. The van der Waals surface area contributed by atoms with Crippen LogP contribution in [0, 0.1) is 0 Å². The molecule has 1 aromatic rings. The summed E-state index contributed by atoms with van der Waals surface area (Å²) in [5.74, 6) is -1.26. The molecule has 1 unspecified atom stereocenters. The number of carbonyl (C=O) groups is 3. The Labute approximate surface area is 128 Å². The van der Waals surface area contributed by atoms with Gasteiger partial charge in [0.1, 0.15) is 0 Å². The van der Waals surface area contributed by atoms with Gasteiger partial charge in [-0.1, -0.05) is 30.3 Å². The SMILES string of the molecule is CNC(=O)N(C)N(C)C(=O)OC(Cc1ccccc1)C(=O)O. The van der Waals surface area contributed by atoms with E-state index in [4.69, 9.17) is 4.74 Å². The molecule has 0 aliphatic carbocycles. The van der Waals surface area contributed by atoms with Crippen molar-refractivity contribution in [3.8, 4) is 0 Å². The second kappa shape index (κ2) is 7.87. The fourth-order valence-corrected chi connectivity index (χ4v) is 1.63. The van der Waals surface area contributed by atoms with Crippen molar-refractivity contribution in [1.82, 2.24) is 15.3 Å². The van der Waals surface area contributed by atoms with Crippen LogP contribution in [0.3, 0.4) is 0 Å². The largest absolute Gasteiger partial charge is 0.478 e. The van der Waals surface area contributed by atoms with Gasteiger partial charge in [0.05, 0.1) is 0 Å². The fourth-order valence-electron chi connectivity index (χ4n) is 1.63. The molecule has 0 aromatic heterocycles. The summed E-state index contributed by atoms with van der Waals surface area (Å²) in [5.41, 5.74) is 0.727. The molecule has 1 aromatic carbocycles. The lowest BCUT2D eigenvalue weighted by atomic mass is 10.1. The van der Waals surface area contributed by atoms with E-state index >= 15 is 0 Å². The van der Waals surface area contributed by atoms with Crippen LogP contribution in [0.1, 0.15) is 5.56 Å². The molecule has 1 rings (SSSR count). The molecule has 0 aliphatic rings. The van der Waals surface area contributed by atoms with Crippen molar-refractivity contribution >= 4 is 18.1 Å². The van der Waals surface area contributed by atoms with Crippen LogP contribution >= 0.6 is 0 Å². The van der Waals surface area contributed by atoms with Crippen molar-refractivity contribution in [1.29, 1.82) is 0 Å². The molecule has 0 saturated heterocycles. The number of carbonyl (C=O) groups excluding carboxylic acids is 2. The number of hydrogen-bond acceptors (Lipinski definition) is 4. The highest BCUT2D eigenvalue weighted by Gasteiger charge is 2.27. The number of urea groups is 1. The van der Waals surface area contributed by atoms with Crippen molar-refractivity contribution in [2.45, 2.75) is 12.5 Å². The first-order valence-corrected chi connectivity index (χ1v) is 6.53. The molecule has 0 bridgehead atoms. The lowest BCUT2D eigenvalue weighted by Gasteiger charge is -2.28. The smallest absolute Gasteiger partial charge is 0.429 e. The van der Waals surface area contributed by atoms with Gasteiger partial charge in [-0.25, -0.2) is 24.4 Å². The quantitative estimate of drug-likeness (QED) is 0.806. The summed E-state index contributed by atoms with van der Waals surface area (Å²) in [6.07, 6.45) is -2.23. The van der Waals surface area contributed by atoms with Gasteiger partial charge in [0, 0.05) is 27.6 Å². The first-order valence-electron chi connectivity index (χ1n) is 6.53. The number of ether oxygens (including phenoxy) is 1. The minimum Gasteiger partial charge on any atom is -0.478 e. The van der Waals surface area contributed by atoms with Gasteiger partial charge in [-0.15, -0.1) is 0 Å². The number of aliphatic carboxylic acids is 1. The van der Waals surface area contributed by atoms with Gasteiger partial charge < -0.3 is 15.2 Å². The number of carboxylic acids is 1. The minimum atomic E-state index is -1.34. The van der Waals surface area contributed by atoms with Crippen LogP contribution in [0.25, 0.3) is 0 Å². The molecule has 0 fully saturated rings. The van der Waals surface area contributed by atoms with Crippen LogP contribution in [-0.4, -0.2) is 60.5 Å². The van der Waals surface area contributed by atoms with E-state index in [1.54, 1.807) is 30.3 Å². The Morgan fingerprint density at radius 2 is 1.77 bits per heavy atom. The highest BCUT2D eigenvalue weighted by molar-refractivity contribution is 5.80. The second-order valence-electron chi connectivity index (χ2n) is 4.50. The van der Waals surface area contributed by atoms with Gasteiger partial charge in [-0.05, 0) is 5.56 Å². The highest BCUT2D eigenvalue weighted by Crippen LogP contribution is 2.08. The van der Waals surface area contributed by atoms with Gasteiger partial charge >= 0.3 is 18.1 Å². The van der Waals surface area contributed by atoms with E-state index in [1.165, 1.54) is 21.1 Å². The molecule has 8 heteroatoms. The summed E-state index contributed by atoms with van der Waals surface area (Å²) in [7, 11) is 4.07. The third kappa shape index (κ3) is 4.65. The van der Waals surface area contributed by atoms with E-state index < -0.39 is 24.2 Å². The standard InChI is InChI=1S/C14H19N3O5/c1-15-13(20)16(2)17(3)14(21)22-11(12(18)19)9-10-7-5-4-6-8-10/h4-8,11H,9H2,1-3H3,(H,15,20)(H,18,19). The van der Waals surface area contributed by atoms with Crippen LogP contribution in [0.15, 0.2) is 30.3 Å². The third-order valence-corrected chi connectivity index (χ3v) is 3.00. The van der Waals surface area contributed by atoms with Crippen LogP contribution in [0.4, 0.5) is 9.59 Å². The molecular formula is C14H19N3O5. The van der Waals surface area contributed by atoms with Gasteiger partial charge in [0.25, 0.3) is 0 Å². The zero-order chi connectivity index (χ0) is 16.7. The van der Waals surface area contributed by atoms with E-state index in [0.717, 1.165) is 15.6 Å². The monoisotopic (exact) mass is 309 g/mol. The molecule has 1 atom stereocenters. The van der Waals surface area contributed by atoms with E-state index in [9.17, 15) is 19.5 Å². The number of amides is 3. The molecule has 0 spiro atoms. The Balaban J connectivity index is 2.72. The first kappa shape index (κ1) is 17.3. The van der Waals surface area contributed by atoms with Gasteiger partial charge in [0.15, 0.2) is 0 Å². The van der Waals surface area contributed by atoms with Crippen LogP contribution in [-0.2, 0) is 16.0 Å². The van der Waals surface area contributed by atoms with E-state index in [2.05, 4.69) is 5.32 Å². The molecule has 2 N–H and O–H groups in total. The Morgan fingerprint density at radius 1 is 1.18 bits per heavy atom. The average molecular weight is 309 g/mol.